The maximum atomic E-state index is 13.0. The van der Waals surface area contributed by atoms with E-state index in [2.05, 4.69) is 15.6 Å². The molecular formula is C23H22N4O5S2. The minimum absolute atomic E-state index is 0.122. The predicted molar refractivity (Wildman–Crippen MR) is 125 cm³/mol. The Kier molecular flexibility index (Phi) is 7.19. The summed E-state index contributed by atoms with van der Waals surface area (Å²) in [5, 5.41) is 17.2. The van der Waals surface area contributed by atoms with Crippen LogP contribution in [0.4, 0.5) is 4.79 Å². The van der Waals surface area contributed by atoms with E-state index in [1.807, 2.05) is 17.5 Å². The van der Waals surface area contributed by atoms with Crippen LogP contribution in [-0.4, -0.2) is 42.4 Å². The summed E-state index contributed by atoms with van der Waals surface area (Å²) < 4.78 is 10.7. The third-order valence-corrected chi connectivity index (χ3v) is 6.97. The van der Waals surface area contributed by atoms with Crippen LogP contribution in [0.5, 0.6) is 0 Å². The number of thioether (sulfide) groups is 1. The molecule has 9 nitrogen and oxygen atoms in total. The third kappa shape index (κ3) is 4.93. The second kappa shape index (κ2) is 10.3. The molecule has 3 heterocycles. The molecule has 2 aromatic heterocycles. The fourth-order valence-electron chi connectivity index (χ4n) is 3.61. The Labute approximate surface area is 204 Å². The number of nitriles is 1. The van der Waals surface area contributed by atoms with Gasteiger partial charge in [0.25, 0.3) is 0 Å². The van der Waals surface area contributed by atoms with Gasteiger partial charge in [0, 0.05) is 16.5 Å². The van der Waals surface area contributed by atoms with Crippen molar-refractivity contribution in [2.24, 2.45) is 0 Å². The summed E-state index contributed by atoms with van der Waals surface area (Å²) in [6.45, 7) is 1.45. The Bertz CT molecular complexity index is 1200. The first-order chi connectivity index (χ1) is 16.5. The van der Waals surface area contributed by atoms with Crippen LogP contribution in [-0.2, 0) is 14.3 Å². The van der Waals surface area contributed by atoms with Gasteiger partial charge in [-0.2, -0.15) is 5.26 Å². The number of carbonyl (C=O) groups excluding carboxylic acids is 3. The molecule has 4 rings (SSSR count). The SMILES string of the molecule is CCOC(=O)C1=C(COC(=O)c2cc(C3CC3)nc(SC)c2C#N)NC(=O)N[C@H]1c1cccs1. The van der Waals surface area contributed by atoms with Gasteiger partial charge in [0.1, 0.15) is 17.7 Å². The number of pyridine rings is 1. The third-order valence-electron chi connectivity index (χ3n) is 5.35. The first kappa shape index (κ1) is 23.8. The van der Waals surface area contributed by atoms with Crippen molar-refractivity contribution in [3.05, 3.63) is 56.5 Å². The Hall–Kier alpha value is -3.36. The van der Waals surface area contributed by atoms with Gasteiger partial charge in [0.05, 0.1) is 35.0 Å². The summed E-state index contributed by atoms with van der Waals surface area (Å²) in [6.07, 6.45) is 3.76. The van der Waals surface area contributed by atoms with Gasteiger partial charge >= 0.3 is 18.0 Å². The molecule has 2 aliphatic rings. The van der Waals surface area contributed by atoms with Gasteiger partial charge in [-0.3, -0.25) is 0 Å². The van der Waals surface area contributed by atoms with Crippen LogP contribution in [0.1, 0.15) is 58.2 Å². The largest absolute Gasteiger partial charge is 0.463 e. The average Bonchev–Trinajstić information content (AvgIpc) is 3.54. The van der Waals surface area contributed by atoms with Gasteiger partial charge in [-0.25, -0.2) is 19.4 Å². The molecule has 0 saturated heterocycles. The minimum Gasteiger partial charge on any atom is -0.463 e. The lowest BCUT2D eigenvalue weighted by atomic mass is 10.0. The molecule has 0 spiro atoms. The minimum atomic E-state index is -0.735. The maximum Gasteiger partial charge on any atom is 0.340 e. The van der Waals surface area contributed by atoms with Gasteiger partial charge in [0.2, 0.25) is 0 Å². The molecule has 11 heteroatoms. The molecule has 0 aromatic carbocycles. The number of aromatic nitrogens is 1. The maximum absolute atomic E-state index is 13.0. The number of hydrogen-bond acceptors (Lipinski definition) is 9. The van der Waals surface area contributed by atoms with E-state index in [4.69, 9.17) is 9.47 Å². The first-order valence-electron chi connectivity index (χ1n) is 10.6. The van der Waals surface area contributed by atoms with Crippen molar-refractivity contribution in [3.63, 3.8) is 0 Å². The lowest BCUT2D eigenvalue weighted by Crippen LogP contribution is -2.46. The number of nitrogens with zero attached hydrogens (tertiary/aromatic N) is 2. The second-order valence-corrected chi connectivity index (χ2v) is 9.37. The Morgan fingerprint density at radius 1 is 1.32 bits per heavy atom. The highest BCUT2D eigenvalue weighted by Crippen LogP contribution is 2.40. The number of thiophene rings is 1. The number of nitrogens with one attached hydrogen (secondary N) is 2. The van der Waals surface area contributed by atoms with E-state index >= 15 is 0 Å². The molecule has 1 aliphatic heterocycles. The predicted octanol–water partition coefficient (Wildman–Crippen LogP) is 3.64. The quantitative estimate of drug-likeness (QED) is 0.417. The molecule has 2 amide bonds. The van der Waals surface area contributed by atoms with Gasteiger partial charge in [-0.1, -0.05) is 6.07 Å². The van der Waals surface area contributed by atoms with E-state index in [0.29, 0.717) is 5.03 Å². The number of urea groups is 1. The van der Waals surface area contributed by atoms with E-state index in [1.165, 1.54) is 23.1 Å². The summed E-state index contributed by atoms with van der Waals surface area (Å²) >= 11 is 2.67. The topological polar surface area (TPSA) is 130 Å². The van der Waals surface area contributed by atoms with Crippen molar-refractivity contribution in [3.8, 4) is 6.07 Å². The molecule has 2 N–H and O–H groups in total. The normalized spacial score (nSPS) is 17.4. The fraction of sp³-hybridized carbons (Fsp3) is 0.348. The van der Waals surface area contributed by atoms with Gasteiger partial charge in [-0.05, 0) is 43.5 Å². The highest BCUT2D eigenvalue weighted by atomic mass is 32.2. The molecule has 2 aromatic rings. The van der Waals surface area contributed by atoms with Gasteiger partial charge in [0.15, 0.2) is 0 Å². The van der Waals surface area contributed by atoms with Gasteiger partial charge in [-0.15, -0.1) is 23.1 Å². The van der Waals surface area contributed by atoms with E-state index < -0.39 is 24.0 Å². The second-order valence-electron chi connectivity index (χ2n) is 7.60. The lowest BCUT2D eigenvalue weighted by Gasteiger charge is -2.28. The molecule has 0 radical (unpaired) electrons. The van der Waals surface area contributed by atoms with Crippen LogP contribution in [0, 0.1) is 11.3 Å². The molecule has 1 aliphatic carbocycles. The van der Waals surface area contributed by atoms with Crippen molar-refractivity contribution in [1.29, 1.82) is 5.26 Å². The monoisotopic (exact) mass is 498 g/mol. The van der Waals surface area contributed by atoms with E-state index in [1.54, 1.807) is 25.3 Å². The number of carbonyl (C=O) groups is 3. The number of hydrogen-bond donors (Lipinski definition) is 2. The molecule has 0 unspecified atom stereocenters. The molecule has 1 fully saturated rings. The lowest BCUT2D eigenvalue weighted by molar-refractivity contribution is -0.139. The Balaban J connectivity index is 1.65. The number of ether oxygens (including phenoxy) is 2. The number of esters is 2. The van der Waals surface area contributed by atoms with Crippen LogP contribution < -0.4 is 10.6 Å². The zero-order chi connectivity index (χ0) is 24.2. The van der Waals surface area contributed by atoms with Crippen molar-refractivity contribution >= 4 is 41.1 Å². The van der Waals surface area contributed by atoms with Crippen molar-refractivity contribution in [2.75, 3.05) is 19.5 Å². The molecular weight excluding hydrogens is 476 g/mol. The summed E-state index contributed by atoms with van der Waals surface area (Å²) in [7, 11) is 0. The van der Waals surface area contributed by atoms with E-state index in [9.17, 15) is 19.6 Å². The highest BCUT2D eigenvalue weighted by molar-refractivity contribution is 7.98. The van der Waals surface area contributed by atoms with Crippen molar-refractivity contribution in [2.45, 2.75) is 36.8 Å². The summed E-state index contributed by atoms with van der Waals surface area (Å²) in [5.41, 5.74) is 1.32. The smallest absolute Gasteiger partial charge is 0.340 e. The molecule has 34 heavy (non-hydrogen) atoms. The van der Waals surface area contributed by atoms with Crippen LogP contribution in [0.25, 0.3) is 0 Å². The van der Waals surface area contributed by atoms with Crippen molar-refractivity contribution < 1.29 is 23.9 Å². The average molecular weight is 499 g/mol. The molecule has 0 bridgehead atoms. The molecule has 1 atom stereocenters. The number of amides is 2. The van der Waals surface area contributed by atoms with E-state index in [-0.39, 0.29) is 41.5 Å². The Morgan fingerprint density at radius 3 is 2.74 bits per heavy atom. The number of rotatable bonds is 8. The van der Waals surface area contributed by atoms with E-state index in [0.717, 1.165) is 23.4 Å². The van der Waals surface area contributed by atoms with Crippen molar-refractivity contribution in [1.82, 2.24) is 15.6 Å². The van der Waals surface area contributed by atoms with Crippen LogP contribution >= 0.6 is 23.1 Å². The zero-order valence-corrected chi connectivity index (χ0v) is 20.2. The summed E-state index contributed by atoms with van der Waals surface area (Å²) in [5.74, 6) is -1.08. The molecule has 176 valence electrons. The van der Waals surface area contributed by atoms with Gasteiger partial charge < -0.3 is 20.1 Å². The van der Waals surface area contributed by atoms with Crippen LogP contribution in [0.15, 0.2) is 39.9 Å². The fourth-order valence-corrected chi connectivity index (χ4v) is 4.95. The van der Waals surface area contributed by atoms with Crippen LogP contribution in [0.2, 0.25) is 0 Å². The zero-order valence-electron chi connectivity index (χ0n) is 18.5. The molecule has 1 saturated carbocycles. The van der Waals surface area contributed by atoms with Crippen LogP contribution in [0.3, 0.4) is 0 Å². The highest BCUT2D eigenvalue weighted by Gasteiger charge is 2.35. The summed E-state index contributed by atoms with van der Waals surface area (Å²) in [4.78, 5) is 43.4. The Morgan fingerprint density at radius 2 is 2.12 bits per heavy atom. The first-order valence-corrected chi connectivity index (χ1v) is 12.7. The summed E-state index contributed by atoms with van der Waals surface area (Å²) in [6, 6.07) is 6.00. The standard InChI is InChI=1S/C23H22N4O5S2/c1-3-31-22(29)18-16(26-23(30)27-19(18)17-5-4-8-34-17)11-32-21(28)13-9-15(12-6-7-12)25-20(33-2)14(13)10-24/h4-5,8-9,12,19H,3,6-7,11H2,1-2H3,(H2,26,27,30)/t19-/m0/s1.